The van der Waals surface area contributed by atoms with Crippen molar-refractivity contribution in [2.24, 2.45) is 7.05 Å². The zero-order valence-electron chi connectivity index (χ0n) is 22.8. The number of hydrogen-bond donors (Lipinski definition) is 1. The van der Waals surface area contributed by atoms with Gasteiger partial charge in [0.2, 0.25) is 5.91 Å². The van der Waals surface area contributed by atoms with Crippen LogP contribution in [0.15, 0.2) is 73.6 Å². The molecule has 1 fully saturated rings. The van der Waals surface area contributed by atoms with Crippen LogP contribution in [0.25, 0.3) is 27.6 Å². The fourth-order valence-electron chi connectivity index (χ4n) is 5.87. The van der Waals surface area contributed by atoms with Crippen LogP contribution in [0.5, 0.6) is 11.5 Å². The molecule has 41 heavy (non-hydrogen) atoms. The van der Waals surface area contributed by atoms with E-state index in [2.05, 4.69) is 38.3 Å². The highest BCUT2D eigenvalue weighted by Crippen LogP contribution is 2.39. The molecule has 10 heteroatoms. The zero-order chi connectivity index (χ0) is 28.1. The van der Waals surface area contributed by atoms with Gasteiger partial charge in [-0.2, -0.15) is 0 Å². The van der Waals surface area contributed by atoms with E-state index in [-0.39, 0.29) is 18.0 Å². The molecule has 10 nitrogen and oxygen atoms in total. The van der Waals surface area contributed by atoms with Crippen LogP contribution in [-0.4, -0.2) is 52.8 Å². The molecule has 0 aliphatic carbocycles. The van der Waals surface area contributed by atoms with Gasteiger partial charge in [0.05, 0.1) is 22.8 Å². The summed E-state index contributed by atoms with van der Waals surface area (Å²) in [6.07, 6.45) is 7.85. The molecule has 2 unspecified atom stereocenters. The lowest BCUT2D eigenvalue weighted by atomic mass is 9.97. The van der Waals surface area contributed by atoms with E-state index in [1.54, 1.807) is 4.68 Å². The molecule has 7 rings (SSSR count). The predicted octanol–water partition coefficient (Wildman–Crippen LogP) is 5.48. The van der Waals surface area contributed by atoms with Gasteiger partial charge >= 0.3 is 0 Å². The maximum absolute atomic E-state index is 12.4. The van der Waals surface area contributed by atoms with Gasteiger partial charge in [0.1, 0.15) is 28.9 Å². The molecule has 204 valence electrons. The lowest BCUT2D eigenvalue weighted by molar-refractivity contribution is -0.128. The standard InChI is InChI=1S/C31H28N8O2/c1-4-29(40)39-21-6-7-22(39)15-19(14-21)24-9-10-25-30(35-24)31(33-17-32-25)34-20-5-12-28(18(2)13-20)41-23-8-11-27-26(16-23)36-37-38(27)3/h4-5,8-14,16-17,21-22H,1,6-7,15H2,2-3H3,(H,32,33,34). The van der Waals surface area contributed by atoms with Crippen LogP contribution in [0.3, 0.4) is 0 Å². The Labute approximate surface area is 236 Å². The Balaban J connectivity index is 1.14. The molecule has 2 aliphatic heterocycles. The van der Waals surface area contributed by atoms with E-state index in [0.29, 0.717) is 17.1 Å². The number of carbonyl (C=O) groups excluding carboxylic acids is 1. The molecule has 0 radical (unpaired) electrons. The van der Waals surface area contributed by atoms with Crippen LogP contribution in [-0.2, 0) is 11.8 Å². The Kier molecular flexibility index (Phi) is 5.96. The second kappa shape index (κ2) is 9.81. The van der Waals surface area contributed by atoms with Gasteiger partial charge in [-0.15, -0.1) is 5.10 Å². The average Bonchev–Trinajstić information content (AvgIpc) is 3.48. The van der Waals surface area contributed by atoms with Crippen molar-refractivity contribution in [3.8, 4) is 11.5 Å². The molecule has 3 aromatic heterocycles. The molecule has 2 aliphatic rings. The highest BCUT2D eigenvalue weighted by molar-refractivity contribution is 5.90. The van der Waals surface area contributed by atoms with Crippen molar-refractivity contribution in [1.29, 1.82) is 0 Å². The van der Waals surface area contributed by atoms with Gasteiger partial charge < -0.3 is 15.0 Å². The van der Waals surface area contributed by atoms with Gasteiger partial charge in [-0.1, -0.05) is 17.9 Å². The third-order valence-electron chi connectivity index (χ3n) is 7.88. The zero-order valence-corrected chi connectivity index (χ0v) is 22.8. The summed E-state index contributed by atoms with van der Waals surface area (Å²) in [6.45, 7) is 5.67. The van der Waals surface area contributed by atoms with Crippen molar-refractivity contribution in [3.05, 3.63) is 84.8 Å². The van der Waals surface area contributed by atoms with Crippen molar-refractivity contribution in [3.63, 3.8) is 0 Å². The first kappa shape index (κ1) is 24.9. The van der Waals surface area contributed by atoms with Crippen LogP contribution >= 0.6 is 0 Å². The SMILES string of the molecule is C=CC(=O)N1C2C=C(c3ccc4ncnc(Nc5ccc(Oc6ccc7c(c6)nnn7C)c(C)c5)c4n3)CC1CC2. The number of pyridine rings is 1. The third kappa shape index (κ3) is 4.47. The van der Waals surface area contributed by atoms with E-state index in [4.69, 9.17) is 9.72 Å². The van der Waals surface area contributed by atoms with E-state index < -0.39 is 0 Å². The number of carbonyl (C=O) groups is 1. The number of amides is 1. The van der Waals surface area contributed by atoms with Gasteiger partial charge in [-0.25, -0.2) is 19.6 Å². The quantitative estimate of drug-likeness (QED) is 0.280. The Morgan fingerprint density at radius 3 is 2.83 bits per heavy atom. The van der Waals surface area contributed by atoms with E-state index in [1.807, 2.05) is 67.4 Å². The second-order valence-corrected chi connectivity index (χ2v) is 10.5. The normalized spacial score (nSPS) is 18.0. The number of rotatable bonds is 6. The van der Waals surface area contributed by atoms with Crippen molar-refractivity contribution in [2.45, 2.75) is 38.3 Å². The largest absolute Gasteiger partial charge is 0.457 e. The van der Waals surface area contributed by atoms with Crippen molar-refractivity contribution in [2.75, 3.05) is 5.32 Å². The Bertz CT molecular complexity index is 1880. The average molecular weight is 545 g/mol. The number of aryl methyl sites for hydroxylation is 2. The molecule has 1 saturated heterocycles. The van der Waals surface area contributed by atoms with Gasteiger partial charge in [0, 0.05) is 24.8 Å². The summed E-state index contributed by atoms with van der Waals surface area (Å²) in [5.74, 6) is 2.07. The van der Waals surface area contributed by atoms with Crippen LogP contribution in [0, 0.1) is 6.92 Å². The van der Waals surface area contributed by atoms with Gasteiger partial charge in [0.15, 0.2) is 5.82 Å². The number of hydrogen-bond acceptors (Lipinski definition) is 8. The molecule has 2 atom stereocenters. The fourth-order valence-corrected chi connectivity index (χ4v) is 5.87. The minimum Gasteiger partial charge on any atom is -0.457 e. The summed E-state index contributed by atoms with van der Waals surface area (Å²) >= 11 is 0. The lowest BCUT2D eigenvalue weighted by Crippen LogP contribution is -2.42. The van der Waals surface area contributed by atoms with Gasteiger partial charge in [-0.3, -0.25) is 4.79 Å². The first-order valence-electron chi connectivity index (χ1n) is 13.6. The van der Waals surface area contributed by atoms with Crippen molar-refractivity contribution in [1.82, 2.24) is 34.8 Å². The molecule has 0 spiro atoms. The fraction of sp³-hybridized carbons (Fsp3) is 0.226. The van der Waals surface area contributed by atoms with Crippen LogP contribution in [0.2, 0.25) is 0 Å². The number of benzene rings is 2. The lowest BCUT2D eigenvalue weighted by Gasteiger charge is -2.33. The molecule has 0 saturated carbocycles. The molecular weight excluding hydrogens is 516 g/mol. The van der Waals surface area contributed by atoms with Crippen molar-refractivity contribution >= 4 is 45.1 Å². The van der Waals surface area contributed by atoms with E-state index in [1.165, 1.54) is 12.4 Å². The van der Waals surface area contributed by atoms with E-state index in [9.17, 15) is 4.79 Å². The maximum Gasteiger partial charge on any atom is 0.246 e. The first-order chi connectivity index (χ1) is 20.0. The number of nitrogens with zero attached hydrogens (tertiary/aromatic N) is 7. The summed E-state index contributed by atoms with van der Waals surface area (Å²) in [5.41, 5.74) is 7.03. The number of ether oxygens (including phenoxy) is 1. The summed E-state index contributed by atoms with van der Waals surface area (Å²) in [6, 6.07) is 15.9. The Hall–Kier alpha value is -5.12. The van der Waals surface area contributed by atoms with Gasteiger partial charge in [0.25, 0.3) is 0 Å². The van der Waals surface area contributed by atoms with Crippen LogP contribution < -0.4 is 10.1 Å². The molecule has 1 N–H and O–H groups in total. The molecule has 2 bridgehead atoms. The second-order valence-electron chi connectivity index (χ2n) is 10.5. The smallest absolute Gasteiger partial charge is 0.246 e. The predicted molar refractivity (Wildman–Crippen MR) is 157 cm³/mol. The Morgan fingerprint density at radius 1 is 1.10 bits per heavy atom. The molecule has 1 amide bonds. The minimum atomic E-state index is -0.00237. The van der Waals surface area contributed by atoms with Crippen LogP contribution in [0.4, 0.5) is 11.5 Å². The minimum absolute atomic E-state index is 0.00237. The molecule has 2 aromatic carbocycles. The monoisotopic (exact) mass is 544 g/mol. The van der Waals surface area contributed by atoms with E-state index in [0.717, 1.165) is 64.1 Å². The Morgan fingerprint density at radius 2 is 2.00 bits per heavy atom. The summed E-state index contributed by atoms with van der Waals surface area (Å²) in [7, 11) is 1.86. The first-order valence-corrected chi connectivity index (χ1v) is 13.6. The molecule has 5 heterocycles. The highest BCUT2D eigenvalue weighted by atomic mass is 16.5. The summed E-state index contributed by atoms with van der Waals surface area (Å²) < 4.78 is 7.89. The van der Waals surface area contributed by atoms with Gasteiger partial charge in [-0.05, 0) is 85.9 Å². The number of aromatic nitrogens is 6. The van der Waals surface area contributed by atoms with E-state index >= 15 is 0 Å². The number of nitrogens with one attached hydrogen (secondary N) is 1. The molecule has 5 aromatic rings. The summed E-state index contributed by atoms with van der Waals surface area (Å²) in [4.78, 5) is 28.3. The molecular formula is C31H28N8O2. The number of fused-ring (bicyclic) bond motifs is 4. The van der Waals surface area contributed by atoms with Crippen LogP contribution in [0.1, 0.15) is 30.5 Å². The number of anilines is 2. The maximum atomic E-state index is 12.4. The summed E-state index contributed by atoms with van der Waals surface area (Å²) in [5, 5.41) is 11.6. The van der Waals surface area contributed by atoms with Crippen molar-refractivity contribution < 1.29 is 9.53 Å². The topological polar surface area (TPSA) is 111 Å². The highest BCUT2D eigenvalue weighted by Gasteiger charge is 2.39. The third-order valence-corrected chi connectivity index (χ3v) is 7.88.